The van der Waals surface area contributed by atoms with Crippen LogP contribution in [0.4, 0.5) is 0 Å². The molecule has 2 aliphatic rings. The maximum atomic E-state index is 5.96. The van der Waals surface area contributed by atoms with Crippen LogP contribution in [0.15, 0.2) is 29.5 Å². The van der Waals surface area contributed by atoms with E-state index in [1.807, 2.05) is 6.08 Å². The molecule has 2 saturated heterocycles. The Balaban J connectivity index is 1.68. The Morgan fingerprint density at radius 1 is 1.58 bits per heavy atom. The van der Waals surface area contributed by atoms with Crippen molar-refractivity contribution >= 4 is 11.3 Å². The summed E-state index contributed by atoms with van der Waals surface area (Å²) in [7, 11) is 0. The first-order valence-corrected chi connectivity index (χ1v) is 7.92. The van der Waals surface area contributed by atoms with E-state index in [0.717, 1.165) is 26.1 Å². The van der Waals surface area contributed by atoms with Crippen molar-refractivity contribution in [1.29, 1.82) is 0 Å². The molecule has 3 heterocycles. The summed E-state index contributed by atoms with van der Waals surface area (Å²) in [5, 5.41) is 4.38. The average Bonchev–Trinajstić information content (AvgIpc) is 3.06. The zero-order valence-corrected chi connectivity index (χ0v) is 12.0. The Kier molecular flexibility index (Phi) is 4.33. The molecule has 0 spiro atoms. The fourth-order valence-corrected chi connectivity index (χ4v) is 3.80. The number of thiophene rings is 1. The largest absolute Gasteiger partial charge is 0.374 e. The molecule has 0 unspecified atom stereocenters. The summed E-state index contributed by atoms with van der Waals surface area (Å²) in [4.78, 5) is 2.53. The molecule has 19 heavy (non-hydrogen) atoms. The quantitative estimate of drug-likeness (QED) is 0.774. The van der Waals surface area contributed by atoms with Gasteiger partial charge in [-0.25, -0.2) is 0 Å². The molecule has 2 fully saturated rings. The van der Waals surface area contributed by atoms with Gasteiger partial charge in [-0.05, 0) is 35.2 Å². The zero-order valence-electron chi connectivity index (χ0n) is 11.2. The highest BCUT2D eigenvalue weighted by molar-refractivity contribution is 7.07. The topological polar surface area (TPSA) is 21.7 Å². The summed E-state index contributed by atoms with van der Waals surface area (Å²) in [6, 6.07) is 2.73. The van der Waals surface area contributed by atoms with E-state index in [4.69, 9.17) is 9.47 Å². The predicted molar refractivity (Wildman–Crippen MR) is 77.4 cm³/mol. The van der Waals surface area contributed by atoms with Crippen LogP contribution in [0, 0.1) is 0 Å². The Hall–Kier alpha value is -0.680. The van der Waals surface area contributed by atoms with Gasteiger partial charge in [-0.2, -0.15) is 11.3 Å². The van der Waals surface area contributed by atoms with Gasteiger partial charge in [0.15, 0.2) is 0 Å². The van der Waals surface area contributed by atoms with Gasteiger partial charge in [0.05, 0.1) is 12.7 Å². The lowest BCUT2D eigenvalue weighted by Gasteiger charge is -2.32. The van der Waals surface area contributed by atoms with E-state index in [9.17, 15) is 0 Å². The van der Waals surface area contributed by atoms with Gasteiger partial charge in [-0.1, -0.05) is 6.08 Å². The van der Waals surface area contributed by atoms with E-state index in [0.29, 0.717) is 12.6 Å². The molecule has 0 N–H and O–H groups in total. The van der Waals surface area contributed by atoms with Gasteiger partial charge in [0.25, 0.3) is 0 Å². The second-order valence-electron chi connectivity index (χ2n) is 5.27. The molecular formula is C15H21NO2S. The summed E-state index contributed by atoms with van der Waals surface area (Å²) < 4.78 is 11.9. The highest BCUT2D eigenvalue weighted by atomic mass is 32.1. The summed E-state index contributed by atoms with van der Waals surface area (Å²) in [5.74, 6) is 0. The van der Waals surface area contributed by atoms with Crippen LogP contribution in [0.3, 0.4) is 0 Å². The van der Waals surface area contributed by atoms with E-state index in [1.54, 1.807) is 11.3 Å². The smallest absolute Gasteiger partial charge is 0.100 e. The Morgan fingerprint density at radius 3 is 3.32 bits per heavy atom. The molecule has 3 nitrogen and oxygen atoms in total. The molecule has 0 radical (unpaired) electrons. The molecule has 3 rings (SSSR count). The molecular weight excluding hydrogens is 258 g/mol. The van der Waals surface area contributed by atoms with Crippen molar-refractivity contribution in [2.75, 3.05) is 19.8 Å². The van der Waals surface area contributed by atoms with Crippen LogP contribution in [0.5, 0.6) is 0 Å². The third kappa shape index (κ3) is 2.92. The molecule has 3 atom stereocenters. The number of fused-ring (bicyclic) bond motifs is 1. The lowest BCUT2D eigenvalue weighted by molar-refractivity contribution is -0.0721. The van der Waals surface area contributed by atoms with Crippen molar-refractivity contribution in [2.24, 2.45) is 0 Å². The minimum Gasteiger partial charge on any atom is -0.374 e. The highest BCUT2D eigenvalue weighted by Crippen LogP contribution is 2.32. The summed E-state index contributed by atoms with van der Waals surface area (Å²) in [5.41, 5.74) is 1.40. The first-order chi connectivity index (χ1) is 9.38. The van der Waals surface area contributed by atoms with Crippen LogP contribution >= 0.6 is 11.3 Å². The molecule has 0 amide bonds. The van der Waals surface area contributed by atoms with Crippen LogP contribution in [0.25, 0.3) is 0 Å². The van der Waals surface area contributed by atoms with Gasteiger partial charge in [0.1, 0.15) is 6.10 Å². The maximum absolute atomic E-state index is 5.96. The normalized spacial score (nSPS) is 31.3. The van der Waals surface area contributed by atoms with E-state index < -0.39 is 0 Å². The van der Waals surface area contributed by atoms with Gasteiger partial charge in [0, 0.05) is 25.7 Å². The number of nitrogens with zero attached hydrogens (tertiary/aromatic N) is 1. The molecule has 1 aromatic rings. The lowest BCUT2D eigenvalue weighted by Crippen LogP contribution is -2.41. The van der Waals surface area contributed by atoms with Crippen molar-refractivity contribution in [2.45, 2.75) is 37.6 Å². The molecule has 1 aromatic heterocycles. The first-order valence-electron chi connectivity index (χ1n) is 6.97. The second-order valence-corrected chi connectivity index (χ2v) is 6.05. The molecule has 0 bridgehead atoms. The molecule has 4 heteroatoms. The number of ether oxygens (including phenoxy) is 2. The minimum absolute atomic E-state index is 0.196. The number of likely N-dealkylation sites (tertiary alicyclic amines) is 1. The Bertz CT molecular complexity index is 406. The van der Waals surface area contributed by atoms with Crippen molar-refractivity contribution < 1.29 is 9.47 Å². The van der Waals surface area contributed by atoms with E-state index in [-0.39, 0.29) is 12.2 Å². The molecule has 0 aliphatic carbocycles. The van der Waals surface area contributed by atoms with Gasteiger partial charge in [0.2, 0.25) is 0 Å². The summed E-state index contributed by atoms with van der Waals surface area (Å²) in [6.07, 6.45) is 4.65. The average molecular weight is 279 g/mol. The fraction of sp³-hybridized carbons (Fsp3) is 0.600. The lowest BCUT2D eigenvalue weighted by atomic mass is 10.0. The van der Waals surface area contributed by atoms with Crippen molar-refractivity contribution in [3.8, 4) is 0 Å². The van der Waals surface area contributed by atoms with Crippen molar-refractivity contribution in [1.82, 2.24) is 4.90 Å². The SMILES string of the molecule is C=CCO[C@@H]1CN(Cc2ccsc2)[C@@H]2CCCO[C@@H]21. The first kappa shape index (κ1) is 13.3. The third-order valence-corrected chi connectivity index (χ3v) is 4.71. The molecule has 0 saturated carbocycles. The van der Waals surface area contributed by atoms with Crippen LogP contribution in [-0.2, 0) is 16.0 Å². The number of hydrogen-bond donors (Lipinski definition) is 0. The second kappa shape index (κ2) is 6.18. The molecule has 2 aliphatic heterocycles. The zero-order chi connectivity index (χ0) is 13.1. The fourth-order valence-electron chi connectivity index (χ4n) is 3.14. The maximum Gasteiger partial charge on any atom is 0.100 e. The number of hydrogen-bond acceptors (Lipinski definition) is 4. The Labute approximate surface area is 118 Å². The minimum atomic E-state index is 0.196. The van der Waals surface area contributed by atoms with Gasteiger partial charge in [-0.15, -0.1) is 6.58 Å². The predicted octanol–water partition coefficient (Wildman–Crippen LogP) is 2.68. The van der Waals surface area contributed by atoms with Crippen LogP contribution in [0.2, 0.25) is 0 Å². The van der Waals surface area contributed by atoms with E-state index >= 15 is 0 Å². The molecule has 104 valence electrons. The van der Waals surface area contributed by atoms with Gasteiger partial charge in [-0.3, -0.25) is 4.90 Å². The van der Waals surface area contributed by atoms with Gasteiger partial charge < -0.3 is 9.47 Å². The standard InChI is InChI=1S/C15H21NO2S/c1-2-6-17-14-10-16(9-12-5-8-19-11-12)13-4-3-7-18-15(13)14/h2,5,8,11,13-15H,1,3-4,6-7,9-10H2/t13-,14-,15+/m1/s1. The summed E-state index contributed by atoms with van der Waals surface area (Å²) in [6.45, 7) is 7.21. The van der Waals surface area contributed by atoms with Crippen LogP contribution in [-0.4, -0.2) is 42.9 Å². The third-order valence-electron chi connectivity index (χ3n) is 3.98. The van der Waals surface area contributed by atoms with Gasteiger partial charge >= 0.3 is 0 Å². The molecule has 0 aromatic carbocycles. The van der Waals surface area contributed by atoms with Crippen molar-refractivity contribution in [3.05, 3.63) is 35.0 Å². The van der Waals surface area contributed by atoms with E-state index in [1.165, 1.54) is 12.0 Å². The van der Waals surface area contributed by atoms with Crippen molar-refractivity contribution in [3.63, 3.8) is 0 Å². The summed E-state index contributed by atoms with van der Waals surface area (Å²) >= 11 is 1.76. The Morgan fingerprint density at radius 2 is 2.53 bits per heavy atom. The number of rotatable bonds is 5. The van der Waals surface area contributed by atoms with Crippen LogP contribution in [0.1, 0.15) is 18.4 Å². The van der Waals surface area contributed by atoms with Crippen LogP contribution < -0.4 is 0 Å². The van der Waals surface area contributed by atoms with E-state index in [2.05, 4.69) is 28.3 Å². The highest BCUT2D eigenvalue weighted by Gasteiger charge is 2.44. The monoisotopic (exact) mass is 279 g/mol.